The Labute approximate surface area is 136 Å². The first-order chi connectivity index (χ1) is 11.6. The summed E-state index contributed by atoms with van der Waals surface area (Å²) in [5, 5.41) is 2.52. The number of nitrogens with one attached hydrogen (secondary N) is 1. The zero-order valence-electron chi connectivity index (χ0n) is 12.9. The van der Waals surface area contributed by atoms with Crippen LogP contribution < -0.4 is 10.3 Å². The fraction of sp³-hybridized carbons (Fsp3) is 0.118. The minimum Gasteiger partial charge on any atom is -0.331 e. The van der Waals surface area contributed by atoms with Crippen molar-refractivity contribution in [3.8, 4) is 5.69 Å². The van der Waals surface area contributed by atoms with Crippen molar-refractivity contribution in [1.82, 2.24) is 10.2 Å². The number of para-hydroxylation sites is 1. The molecule has 3 rings (SSSR count). The number of hydrogen-bond donors (Lipinski definition) is 1. The Morgan fingerprint density at radius 3 is 2.50 bits per heavy atom. The Hall–Kier alpha value is -3.22. The molecule has 1 N–H and O–H groups in total. The third kappa shape index (κ3) is 3.10. The van der Waals surface area contributed by atoms with Gasteiger partial charge in [0.25, 0.3) is 5.91 Å². The molecular formula is C17H15FN3O3+. The molecule has 0 unspecified atom stereocenters. The second kappa shape index (κ2) is 6.49. The summed E-state index contributed by atoms with van der Waals surface area (Å²) in [7, 11) is 1.56. The standard InChI is InChI=1S/C17H14FN3O3/c1-20(16(22)12-7-9-13(18)10-8-12)11-15-17(23)24-19-21(15)14-5-3-2-4-6-14/h2-10H,11H2,1H3/p+1. The first-order valence-electron chi connectivity index (χ1n) is 7.25. The summed E-state index contributed by atoms with van der Waals surface area (Å²) in [5.41, 5.74) is 0.767. The van der Waals surface area contributed by atoms with Gasteiger partial charge < -0.3 is 4.90 Å². The Kier molecular flexibility index (Phi) is 4.24. The van der Waals surface area contributed by atoms with E-state index in [2.05, 4.69) is 5.27 Å². The number of halogens is 1. The summed E-state index contributed by atoms with van der Waals surface area (Å²) in [6.45, 7) is 0.0386. The average Bonchev–Trinajstić information content (AvgIpc) is 2.96. The lowest BCUT2D eigenvalue weighted by Crippen LogP contribution is -2.42. The van der Waals surface area contributed by atoms with Crippen LogP contribution in [-0.2, 0) is 6.54 Å². The van der Waals surface area contributed by atoms with E-state index in [0.717, 1.165) is 0 Å². The van der Waals surface area contributed by atoms with E-state index >= 15 is 0 Å². The molecule has 0 aliphatic rings. The first-order valence-corrected chi connectivity index (χ1v) is 7.25. The zero-order chi connectivity index (χ0) is 17.1. The quantitative estimate of drug-likeness (QED) is 0.741. The highest BCUT2D eigenvalue weighted by atomic mass is 19.1. The number of aromatic nitrogens is 2. The Morgan fingerprint density at radius 2 is 1.83 bits per heavy atom. The first kappa shape index (κ1) is 15.7. The van der Waals surface area contributed by atoms with E-state index in [1.165, 1.54) is 33.8 Å². The maximum atomic E-state index is 13.0. The topological polar surface area (TPSA) is 70.2 Å². The number of carbonyl (C=O) groups is 1. The molecule has 6 nitrogen and oxygen atoms in total. The second-order valence-corrected chi connectivity index (χ2v) is 5.27. The van der Waals surface area contributed by atoms with Gasteiger partial charge in [0, 0.05) is 24.7 Å². The van der Waals surface area contributed by atoms with Crippen molar-refractivity contribution in [3.05, 3.63) is 82.1 Å². The summed E-state index contributed by atoms with van der Waals surface area (Å²) in [6.07, 6.45) is 0. The minimum absolute atomic E-state index is 0.0386. The fourth-order valence-corrected chi connectivity index (χ4v) is 2.32. The lowest BCUT2D eigenvalue weighted by molar-refractivity contribution is -0.678. The molecule has 0 fully saturated rings. The van der Waals surface area contributed by atoms with Gasteiger partial charge in [-0.1, -0.05) is 18.2 Å². The van der Waals surface area contributed by atoms with Crippen LogP contribution >= 0.6 is 0 Å². The van der Waals surface area contributed by atoms with Crippen LogP contribution in [0.25, 0.3) is 5.69 Å². The normalized spacial score (nSPS) is 10.6. The SMILES string of the molecule is CN(Cc1c(=O)o[nH][n+]1-c1ccccc1)C(=O)c1ccc(F)cc1. The fourth-order valence-electron chi connectivity index (χ4n) is 2.32. The highest BCUT2D eigenvalue weighted by molar-refractivity contribution is 5.93. The molecular weight excluding hydrogens is 313 g/mol. The Morgan fingerprint density at radius 1 is 1.17 bits per heavy atom. The van der Waals surface area contributed by atoms with Gasteiger partial charge in [0.2, 0.25) is 5.69 Å². The smallest absolute Gasteiger partial charge is 0.331 e. The van der Waals surface area contributed by atoms with E-state index in [1.807, 2.05) is 18.2 Å². The number of H-pyrrole nitrogens is 1. The van der Waals surface area contributed by atoms with Crippen molar-refractivity contribution in [2.45, 2.75) is 6.54 Å². The lowest BCUT2D eigenvalue weighted by atomic mass is 10.2. The number of hydrogen-bond acceptors (Lipinski definition) is 3. The van der Waals surface area contributed by atoms with Gasteiger partial charge in [-0.3, -0.25) is 9.32 Å². The maximum Gasteiger partial charge on any atom is 0.432 e. The van der Waals surface area contributed by atoms with Crippen LogP contribution in [-0.4, -0.2) is 23.1 Å². The summed E-state index contributed by atoms with van der Waals surface area (Å²) in [6, 6.07) is 14.3. The molecule has 1 aromatic heterocycles. The van der Waals surface area contributed by atoms with Crippen molar-refractivity contribution in [3.63, 3.8) is 0 Å². The summed E-state index contributed by atoms with van der Waals surface area (Å²) in [4.78, 5) is 25.7. The van der Waals surface area contributed by atoms with Crippen molar-refractivity contribution in [1.29, 1.82) is 0 Å². The van der Waals surface area contributed by atoms with Crippen LogP contribution in [0.5, 0.6) is 0 Å². The molecule has 1 heterocycles. The molecule has 0 radical (unpaired) electrons. The van der Waals surface area contributed by atoms with Crippen LogP contribution in [0.1, 0.15) is 16.1 Å². The minimum atomic E-state index is -0.558. The van der Waals surface area contributed by atoms with Crippen molar-refractivity contribution < 1.29 is 18.4 Å². The largest absolute Gasteiger partial charge is 0.432 e. The van der Waals surface area contributed by atoms with Crippen molar-refractivity contribution in [2.75, 3.05) is 7.05 Å². The molecule has 0 aliphatic heterocycles. The maximum absolute atomic E-state index is 13.0. The molecule has 122 valence electrons. The van der Waals surface area contributed by atoms with E-state index in [0.29, 0.717) is 11.3 Å². The Balaban J connectivity index is 1.86. The predicted octanol–water partition coefficient (Wildman–Crippen LogP) is 1.66. The van der Waals surface area contributed by atoms with E-state index < -0.39 is 11.4 Å². The van der Waals surface area contributed by atoms with Gasteiger partial charge >= 0.3 is 11.3 Å². The van der Waals surface area contributed by atoms with E-state index in [-0.39, 0.29) is 18.1 Å². The number of aromatic amines is 1. The third-order valence-electron chi connectivity index (χ3n) is 3.57. The molecule has 24 heavy (non-hydrogen) atoms. The van der Waals surface area contributed by atoms with Crippen LogP contribution in [0.3, 0.4) is 0 Å². The predicted molar refractivity (Wildman–Crippen MR) is 83.1 cm³/mol. The number of rotatable bonds is 4. The molecule has 2 aromatic carbocycles. The van der Waals surface area contributed by atoms with Gasteiger partial charge in [0.05, 0.1) is 0 Å². The van der Waals surface area contributed by atoms with Gasteiger partial charge in [-0.15, -0.1) is 0 Å². The van der Waals surface area contributed by atoms with Crippen LogP contribution in [0.4, 0.5) is 4.39 Å². The van der Waals surface area contributed by atoms with Crippen LogP contribution in [0, 0.1) is 5.82 Å². The highest BCUT2D eigenvalue weighted by Crippen LogP contribution is 2.07. The molecule has 1 amide bonds. The number of nitrogens with zero attached hydrogens (tertiary/aromatic N) is 2. The zero-order valence-corrected chi connectivity index (χ0v) is 12.9. The molecule has 7 heteroatoms. The average molecular weight is 328 g/mol. The molecule has 0 spiro atoms. The monoisotopic (exact) mass is 328 g/mol. The third-order valence-corrected chi connectivity index (χ3v) is 3.57. The van der Waals surface area contributed by atoms with Gasteiger partial charge in [-0.2, -0.15) is 0 Å². The van der Waals surface area contributed by atoms with Crippen LogP contribution in [0.2, 0.25) is 0 Å². The van der Waals surface area contributed by atoms with E-state index in [1.54, 1.807) is 19.2 Å². The van der Waals surface area contributed by atoms with Crippen molar-refractivity contribution in [2.24, 2.45) is 0 Å². The molecule has 0 bridgehead atoms. The van der Waals surface area contributed by atoms with Gasteiger partial charge in [0.1, 0.15) is 12.4 Å². The second-order valence-electron chi connectivity index (χ2n) is 5.27. The molecule has 0 atom stereocenters. The number of amides is 1. The van der Waals surface area contributed by atoms with E-state index in [9.17, 15) is 14.0 Å². The highest BCUT2D eigenvalue weighted by Gasteiger charge is 2.26. The molecule has 3 aromatic rings. The van der Waals surface area contributed by atoms with Crippen molar-refractivity contribution >= 4 is 5.91 Å². The summed E-state index contributed by atoms with van der Waals surface area (Å²) in [5.74, 6) is -0.738. The van der Waals surface area contributed by atoms with Gasteiger partial charge in [-0.25, -0.2) is 9.18 Å². The molecule has 0 aliphatic carbocycles. The number of benzene rings is 2. The van der Waals surface area contributed by atoms with Crippen LogP contribution in [0.15, 0.2) is 63.9 Å². The molecule has 0 saturated heterocycles. The summed E-state index contributed by atoms with van der Waals surface area (Å²) >= 11 is 0. The van der Waals surface area contributed by atoms with E-state index in [4.69, 9.17) is 4.52 Å². The number of carbonyl (C=O) groups excluding carboxylic acids is 1. The van der Waals surface area contributed by atoms with Gasteiger partial charge in [-0.05, 0) is 34.2 Å². The summed E-state index contributed by atoms with van der Waals surface area (Å²) < 4.78 is 19.3. The molecule has 0 saturated carbocycles. The lowest BCUT2D eigenvalue weighted by Gasteiger charge is -2.14. The Bertz CT molecular complexity index is 901. The van der Waals surface area contributed by atoms with Gasteiger partial charge in [0.15, 0.2) is 0 Å².